The number of aromatic amines is 1. The van der Waals surface area contributed by atoms with Crippen molar-refractivity contribution in [1.82, 2.24) is 10.3 Å². The highest BCUT2D eigenvalue weighted by Crippen LogP contribution is 2.15. The summed E-state index contributed by atoms with van der Waals surface area (Å²) >= 11 is 1.10. The molecule has 6 heteroatoms. The van der Waals surface area contributed by atoms with Gasteiger partial charge in [0.1, 0.15) is 6.04 Å². The summed E-state index contributed by atoms with van der Waals surface area (Å²) in [7, 11) is 0. The first-order valence-electron chi connectivity index (χ1n) is 6.32. The number of hydrogen-bond donors (Lipinski definition) is 2. The van der Waals surface area contributed by atoms with Crippen LogP contribution in [0.25, 0.3) is 0 Å². The van der Waals surface area contributed by atoms with Gasteiger partial charge in [-0.1, -0.05) is 41.7 Å². The average molecular weight is 292 g/mol. The number of carbonyl (C=O) groups is 1. The van der Waals surface area contributed by atoms with Crippen LogP contribution in [0.5, 0.6) is 0 Å². The largest absolute Gasteiger partial charge is 0.465 e. The van der Waals surface area contributed by atoms with Crippen molar-refractivity contribution in [1.29, 1.82) is 0 Å². The molecule has 0 aliphatic rings. The van der Waals surface area contributed by atoms with E-state index in [9.17, 15) is 9.59 Å². The monoisotopic (exact) mass is 292 g/mol. The highest BCUT2D eigenvalue weighted by Gasteiger charge is 2.21. The SMILES string of the molecule is CCOC(=O)C(NCc1csc(=O)[nH]1)c1ccccc1. The molecule has 0 aliphatic heterocycles. The molecule has 106 valence electrons. The highest BCUT2D eigenvalue weighted by atomic mass is 32.1. The van der Waals surface area contributed by atoms with Gasteiger partial charge in [-0.05, 0) is 12.5 Å². The van der Waals surface area contributed by atoms with E-state index in [0.717, 1.165) is 22.6 Å². The van der Waals surface area contributed by atoms with E-state index in [2.05, 4.69) is 10.3 Å². The van der Waals surface area contributed by atoms with Gasteiger partial charge in [-0.15, -0.1) is 0 Å². The van der Waals surface area contributed by atoms with Crippen molar-refractivity contribution < 1.29 is 9.53 Å². The van der Waals surface area contributed by atoms with Crippen molar-refractivity contribution in [3.63, 3.8) is 0 Å². The molecule has 1 aromatic carbocycles. The molecule has 0 saturated carbocycles. The van der Waals surface area contributed by atoms with Gasteiger partial charge in [0, 0.05) is 17.6 Å². The van der Waals surface area contributed by atoms with Gasteiger partial charge in [-0.3, -0.25) is 10.1 Å². The van der Waals surface area contributed by atoms with E-state index >= 15 is 0 Å². The molecule has 0 saturated heterocycles. The van der Waals surface area contributed by atoms with E-state index in [4.69, 9.17) is 4.74 Å². The Morgan fingerprint density at radius 3 is 2.75 bits per heavy atom. The lowest BCUT2D eigenvalue weighted by molar-refractivity contribution is -0.145. The Bertz CT molecular complexity index is 606. The minimum atomic E-state index is -0.542. The Balaban J connectivity index is 2.10. The van der Waals surface area contributed by atoms with Crippen LogP contribution in [0.15, 0.2) is 40.5 Å². The fourth-order valence-corrected chi connectivity index (χ4v) is 2.40. The summed E-state index contributed by atoms with van der Waals surface area (Å²) in [5, 5.41) is 4.85. The molecular weight excluding hydrogens is 276 g/mol. The van der Waals surface area contributed by atoms with Crippen molar-refractivity contribution in [2.45, 2.75) is 19.5 Å². The molecule has 1 aromatic heterocycles. The Morgan fingerprint density at radius 1 is 1.40 bits per heavy atom. The van der Waals surface area contributed by atoms with Gasteiger partial charge >= 0.3 is 10.8 Å². The number of H-pyrrole nitrogens is 1. The maximum Gasteiger partial charge on any atom is 0.327 e. The van der Waals surface area contributed by atoms with Crippen molar-refractivity contribution in [2.24, 2.45) is 0 Å². The summed E-state index contributed by atoms with van der Waals surface area (Å²) in [5.74, 6) is -0.323. The second kappa shape index (κ2) is 7.02. The summed E-state index contributed by atoms with van der Waals surface area (Å²) in [6, 6.07) is 8.82. The van der Waals surface area contributed by atoms with E-state index in [1.54, 1.807) is 12.3 Å². The van der Waals surface area contributed by atoms with Gasteiger partial charge in [0.05, 0.1) is 6.61 Å². The van der Waals surface area contributed by atoms with Crippen molar-refractivity contribution >= 4 is 17.3 Å². The molecule has 0 spiro atoms. The van der Waals surface area contributed by atoms with E-state index in [0.29, 0.717) is 13.2 Å². The van der Waals surface area contributed by atoms with Crippen molar-refractivity contribution in [3.8, 4) is 0 Å². The second-order valence-electron chi connectivity index (χ2n) is 4.15. The number of benzene rings is 1. The number of carbonyl (C=O) groups excluding carboxylic acids is 1. The zero-order valence-electron chi connectivity index (χ0n) is 11.1. The Kier molecular flexibility index (Phi) is 5.09. The molecular formula is C14H16N2O3S. The number of thiazole rings is 1. The molecule has 2 rings (SSSR count). The van der Waals surface area contributed by atoms with Crippen LogP contribution in [0.2, 0.25) is 0 Å². The Hall–Kier alpha value is -1.92. The number of ether oxygens (including phenoxy) is 1. The van der Waals surface area contributed by atoms with Gasteiger partial charge in [0.15, 0.2) is 0 Å². The number of esters is 1. The summed E-state index contributed by atoms with van der Waals surface area (Å²) < 4.78 is 5.08. The zero-order valence-corrected chi connectivity index (χ0v) is 11.9. The van der Waals surface area contributed by atoms with Crippen LogP contribution in [-0.4, -0.2) is 17.6 Å². The predicted octanol–water partition coefficient (Wildman–Crippen LogP) is 1.83. The lowest BCUT2D eigenvalue weighted by Crippen LogP contribution is -2.30. The minimum absolute atomic E-state index is 0.103. The van der Waals surface area contributed by atoms with Crippen molar-refractivity contribution in [2.75, 3.05) is 6.61 Å². The zero-order chi connectivity index (χ0) is 14.4. The Morgan fingerprint density at radius 2 is 2.15 bits per heavy atom. The summed E-state index contributed by atoms with van der Waals surface area (Å²) in [6.07, 6.45) is 0. The topological polar surface area (TPSA) is 71.2 Å². The molecule has 0 aliphatic carbocycles. The van der Waals surface area contributed by atoms with Gasteiger partial charge in [-0.25, -0.2) is 4.79 Å². The lowest BCUT2D eigenvalue weighted by atomic mass is 10.1. The molecule has 2 N–H and O–H groups in total. The summed E-state index contributed by atoms with van der Waals surface area (Å²) in [6.45, 7) is 2.51. The third-order valence-electron chi connectivity index (χ3n) is 2.72. The molecule has 5 nitrogen and oxygen atoms in total. The van der Waals surface area contributed by atoms with Crippen LogP contribution in [0.4, 0.5) is 0 Å². The van der Waals surface area contributed by atoms with Crippen LogP contribution in [0.1, 0.15) is 24.2 Å². The molecule has 2 aromatic rings. The summed E-state index contributed by atoms with van der Waals surface area (Å²) in [4.78, 5) is 25.7. The standard InChI is InChI=1S/C14H16N2O3S/c1-2-19-13(17)12(10-6-4-3-5-7-10)15-8-11-9-20-14(18)16-11/h3-7,9,12,15H,2,8H2,1H3,(H,16,18). The fraction of sp³-hybridized carbons (Fsp3) is 0.286. The molecule has 1 atom stereocenters. The smallest absolute Gasteiger partial charge is 0.327 e. The van der Waals surface area contributed by atoms with E-state index in [1.807, 2.05) is 30.3 Å². The second-order valence-corrected chi connectivity index (χ2v) is 4.99. The third-order valence-corrected chi connectivity index (χ3v) is 3.44. The van der Waals surface area contributed by atoms with E-state index < -0.39 is 6.04 Å². The molecule has 0 radical (unpaired) electrons. The molecule has 1 heterocycles. The molecule has 20 heavy (non-hydrogen) atoms. The van der Waals surface area contributed by atoms with Crippen molar-refractivity contribution in [3.05, 3.63) is 56.6 Å². The number of aromatic nitrogens is 1. The lowest BCUT2D eigenvalue weighted by Gasteiger charge is -2.17. The third kappa shape index (κ3) is 3.79. The van der Waals surface area contributed by atoms with Crippen LogP contribution in [-0.2, 0) is 16.1 Å². The maximum atomic E-state index is 12.0. The van der Waals surface area contributed by atoms with Gasteiger partial charge in [0.25, 0.3) is 0 Å². The van der Waals surface area contributed by atoms with Crippen LogP contribution in [0.3, 0.4) is 0 Å². The number of rotatable bonds is 6. The summed E-state index contributed by atoms with van der Waals surface area (Å²) in [5.41, 5.74) is 1.59. The molecule has 0 bridgehead atoms. The van der Waals surface area contributed by atoms with Gasteiger partial charge in [0.2, 0.25) is 0 Å². The average Bonchev–Trinajstić information content (AvgIpc) is 2.86. The number of hydrogen-bond acceptors (Lipinski definition) is 5. The highest BCUT2D eigenvalue weighted by molar-refractivity contribution is 7.07. The number of nitrogens with one attached hydrogen (secondary N) is 2. The van der Waals surface area contributed by atoms with E-state index in [1.165, 1.54) is 0 Å². The minimum Gasteiger partial charge on any atom is -0.465 e. The molecule has 0 amide bonds. The maximum absolute atomic E-state index is 12.0. The molecule has 1 unspecified atom stereocenters. The van der Waals surface area contributed by atoms with Crippen LogP contribution < -0.4 is 10.2 Å². The first-order chi connectivity index (χ1) is 9.70. The van der Waals surface area contributed by atoms with E-state index in [-0.39, 0.29) is 10.8 Å². The fourth-order valence-electron chi connectivity index (χ4n) is 1.82. The molecule has 0 fully saturated rings. The first-order valence-corrected chi connectivity index (χ1v) is 7.20. The quantitative estimate of drug-likeness (QED) is 0.797. The van der Waals surface area contributed by atoms with Gasteiger partial charge in [-0.2, -0.15) is 0 Å². The Labute approximate surface area is 120 Å². The van der Waals surface area contributed by atoms with Crippen LogP contribution >= 0.6 is 11.3 Å². The normalized spacial score (nSPS) is 12.1. The first kappa shape index (κ1) is 14.5. The predicted molar refractivity (Wildman–Crippen MR) is 77.6 cm³/mol. The van der Waals surface area contributed by atoms with Gasteiger partial charge < -0.3 is 9.72 Å². The van der Waals surface area contributed by atoms with Crippen LogP contribution in [0, 0.1) is 0 Å².